The van der Waals surface area contributed by atoms with Crippen LogP contribution in [-0.4, -0.2) is 10.9 Å². The Kier molecular flexibility index (Phi) is 2.96. The average molecular weight is 256 g/mol. The number of benzene rings is 1. The van der Waals surface area contributed by atoms with Crippen molar-refractivity contribution in [3.05, 3.63) is 42.0 Å². The molecular formula is C17H20O2. The van der Waals surface area contributed by atoms with E-state index in [1.165, 1.54) is 11.1 Å². The molecule has 3 rings (SSSR count). The Labute approximate surface area is 114 Å². The van der Waals surface area contributed by atoms with Gasteiger partial charge in [-0.15, -0.1) is 6.58 Å². The Morgan fingerprint density at radius 2 is 2.26 bits per heavy atom. The lowest BCUT2D eigenvalue weighted by Gasteiger charge is -2.48. The van der Waals surface area contributed by atoms with E-state index in [2.05, 4.69) is 12.6 Å². The van der Waals surface area contributed by atoms with Gasteiger partial charge in [-0.3, -0.25) is 4.79 Å². The Balaban J connectivity index is 2.11. The van der Waals surface area contributed by atoms with Crippen LogP contribution in [0.5, 0.6) is 5.75 Å². The van der Waals surface area contributed by atoms with Crippen molar-refractivity contribution in [3.63, 3.8) is 0 Å². The molecule has 0 bridgehead atoms. The smallest absolute Gasteiger partial charge is 0.133 e. The lowest BCUT2D eigenvalue weighted by molar-refractivity contribution is -0.123. The standard InChI is InChI=1S/C17H20O2/c1-2-8-17-9-7-15(19)11-13(17)4-3-12-10-14(18)5-6-16(12)17/h2,5-6,10,13,18H,1,3-4,7-9,11H2. The molecule has 0 amide bonds. The number of allylic oxidation sites excluding steroid dienone is 1. The van der Waals surface area contributed by atoms with Gasteiger partial charge in [-0.05, 0) is 54.9 Å². The summed E-state index contributed by atoms with van der Waals surface area (Å²) in [5.74, 6) is 1.20. The molecule has 19 heavy (non-hydrogen) atoms. The minimum atomic E-state index is 0.0803. The Morgan fingerprint density at radius 1 is 1.42 bits per heavy atom. The molecule has 0 saturated heterocycles. The SMILES string of the molecule is C=CCC12CCC(=O)CC1CCc1cc(O)ccc12. The fourth-order valence-corrected chi connectivity index (χ4v) is 4.11. The van der Waals surface area contributed by atoms with E-state index in [1.54, 1.807) is 6.07 Å². The van der Waals surface area contributed by atoms with Crippen molar-refractivity contribution in [3.8, 4) is 5.75 Å². The number of phenols is 1. The quantitative estimate of drug-likeness (QED) is 0.822. The molecule has 1 aromatic carbocycles. The van der Waals surface area contributed by atoms with Crippen LogP contribution in [0.4, 0.5) is 0 Å². The molecular weight excluding hydrogens is 236 g/mol. The number of hydrogen-bond donors (Lipinski definition) is 1. The summed E-state index contributed by atoms with van der Waals surface area (Å²) >= 11 is 0. The molecule has 2 heteroatoms. The molecule has 0 spiro atoms. The van der Waals surface area contributed by atoms with E-state index in [4.69, 9.17) is 0 Å². The van der Waals surface area contributed by atoms with Crippen LogP contribution in [0.25, 0.3) is 0 Å². The van der Waals surface area contributed by atoms with Crippen molar-refractivity contribution in [2.75, 3.05) is 0 Å². The van der Waals surface area contributed by atoms with Crippen LogP contribution in [0, 0.1) is 5.92 Å². The highest BCUT2D eigenvalue weighted by Gasteiger charge is 2.46. The van der Waals surface area contributed by atoms with Crippen molar-refractivity contribution in [1.82, 2.24) is 0 Å². The third kappa shape index (κ3) is 1.90. The van der Waals surface area contributed by atoms with Crippen molar-refractivity contribution in [2.24, 2.45) is 5.92 Å². The molecule has 0 radical (unpaired) electrons. The van der Waals surface area contributed by atoms with Gasteiger partial charge in [-0.25, -0.2) is 0 Å². The first kappa shape index (κ1) is 12.5. The summed E-state index contributed by atoms with van der Waals surface area (Å²) in [4.78, 5) is 11.8. The number of aromatic hydroxyl groups is 1. The third-order valence-electron chi connectivity index (χ3n) is 5.00. The van der Waals surface area contributed by atoms with Crippen LogP contribution in [0.2, 0.25) is 0 Å². The fourth-order valence-electron chi connectivity index (χ4n) is 4.11. The van der Waals surface area contributed by atoms with E-state index < -0.39 is 0 Å². The van der Waals surface area contributed by atoms with Crippen molar-refractivity contribution in [1.29, 1.82) is 0 Å². The van der Waals surface area contributed by atoms with Crippen LogP contribution >= 0.6 is 0 Å². The van der Waals surface area contributed by atoms with Gasteiger partial charge in [0, 0.05) is 18.3 Å². The van der Waals surface area contributed by atoms with Crippen LogP contribution in [0.3, 0.4) is 0 Å². The normalized spacial score (nSPS) is 29.5. The van der Waals surface area contributed by atoms with Crippen molar-refractivity contribution >= 4 is 5.78 Å². The summed E-state index contributed by atoms with van der Waals surface area (Å²) in [7, 11) is 0. The van der Waals surface area contributed by atoms with Gasteiger partial charge in [0.15, 0.2) is 0 Å². The predicted octanol–water partition coefficient (Wildman–Crippen LogP) is 3.52. The zero-order valence-corrected chi connectivity index (χ0v) is 11.2. The molecule has 1 N–H and O–H groups in total. The molecule has 2 aliphatic rings. The van der Waals surface area contributed by atoms with E-state index in [0.717, 1.165) is 25.7 Å². The summed E-state index contributed by atoms with van der Waals surface area (Å²) < 4.78 is 0. The first-order chi connectivity index (χ1) is 9.15. The monoisotopic (exact) mass is 256 g/mol. The van der Waals surface area contributed by atoms with Crippen molar-refractivity contribution in [2.45, 2.75) is 43.9 Å². The highest BCUT2D eigenvalue weighted by atomic mass is 16.3. The summed E-state index contributed by atoms with van der Waals surface area (Å²) in [6.07, 6.45) is 7.28. The van der Waals surface area contributed by atoms with Gasteiger partial charge in [0.2, 0.25) is 0 Å². The van der Waals surface area contributed by atoms with E-state index in [1.807, 2.05) is 12.1 Å². The third-order valence-corrected chi connectivity index (χ3v) is 5.00. The number of hydrogen-bond acceptors (Lipinski definition) is 2. The topological polar surface area (TPSA) is 37.3 Å². The number of Topliss-reactive ketones (excluding diaryl/α,β-unsaturated/α-hetero) is 1. The highest BCUT2D eigenvalue weighted by Crippen LogP contribution is 2.51. The van der Waals surface area contributed by atoms with E-state index in [0.29, 0.717) is 30.3 Å². The number of carbonyl (C=O) groups excluding carboxylic acids is 1. The molecule has 2 nitrogen and oxygen atoms in total. The average Bonchev–Trinajstić information content (AvgIpc) is 2.39. The predicted molar refractivity (Wildman–Crippen MR) is 75.3 cm³/mol. The minimum Gasteiger partial charge on any atom is -0.508 e. The molecule has 2 aliphatic carbocycles. The first-order valence-electron chi connectivity index (χ1n) is 7.11. The number of carbonyl (C=O) groups is 1. The maximum absolute atomic E-state index is 11.8. The molecule has 1 fully saturated rings. The minimum absolute atomic E-state index is 0.0803. The van der Waals surface area contributed by atoms with Gasteiger partial charge >= 0.3 is 0 Å². The zero-order chi connectivity index (χ0) is 13.5. The molecule has 2 atom stereocenters. The van der Waals surface area contributed by atoms with Gasteiger partial charge in [0.05, 0.1) is 0 Å². The second-order valence-electron chi connectivity index (χ2n) is 5.97. The van der Waals surface area contributed by atoms with Crippen molar-refractivity contribution < 1.29 is 9.90 Å². The first-order valence-corrected chi connectivity index (χ1v) is 7.11. The van der Waals surface area contributed by atoms with Gasteiger partial charge in [0.25, 0.3) is 0 Å². The van der Waals surface area contributed by atoms with Crippen LogP contribution < -0.4 is 0 Å². The summed E-state index contributed by atoms with van der Waals surface area (Å²) in [6, 6.07) is 5.74. The van der Waals surface area contributed by atoms with Gasteiger partial charge in [-0.1, -0.05) is 12.1 Å². The molecule has 0 aliphatic heterocycles. The number of phenolic OH excluding ortho intramolecular Hbond substituents is 1. The molecule has 0 aromatic heterocycles. The number of ketones is 1. The summed E-state index contributed by atoms with van der Waals surface area (Å²) in [5.41, 5.74) is 2.68. The summed E-state index contributed by atoms with van der Waals surface area (Å²) in [6.45, 7) is 3.92. The number of rotatable bonds is 2. The second-order valence-corrected chi connectivity index (χ2v) is 5.97. The Morgan fingerprint density at radius 3 is 3.05 bits per heavy atom. The zero-order valence-electron chi connectivity index (χ0n) is 11.2. The Bertz CT molecular complexity index is 532. The van der Waals surface area contributed by atoms with Crippen LogP contribution in [0.1, 0.15) is 43.2 Å². The maximum Gasteiger partial charge on any atom is 0.133 e. The summed E-state index contributed by atoms with van der Waals surface area (Å²) in [5, 5.41) is 9.67. The second kappa shape index (κ2) is 4.52. The highest BCUT2D eigenvalue weighted by molar-refractivity contribution is 5.80. The number of aryl methyl sites for hydroxylation is 1. The lowest BCUT2D eigenvalue weighted by atomic mass is 9.55. The Hall–Kier alpha value is -1.57. The van der Waals surface area contributed by atoms with Crippen LogP contribution in [0.15, 0.2) is 30.9 Å². The molecule has 0 heterocycles. The van der Waals surface area contributed by atoms with E-state index in [9.17, 15) is 9.90 Å². The van der Waals surface area contributed by atoms with E-state index >= 15 is 0 Å². The van der Waals surface area contributed by atoms with Gasteiger partial charge < -0.3 is 5.11 Å². The molecule has 1 saturated carbocycles. The maximum atomic E-state index is 11.8. The number of fused-ring (bicyclic) bond motifs is 3. The largest absolute Gasteiger partial charge is 0.508 e. The van der Waals surface area contributed by atoms with Gasteiger partial charge in [0.1, 0.15) is 11.5 Å². The molecule has 1 aromatic rings. The van der Waals surface area contributed by atoms with E-state index in [-0.39, 0.29) is 5.41 Å². The molecule has 2 unspecified atom stereocenters. The van der Waals surface area contributed by atoms with Gasteiger partial charge in [-0.2, -0.15) is 0 Å². The van der Waals surface area contributed by atoms with Crippen LogP contribution in [-0.2, 0) is 16.6 Å². The lowest BCUT2D eigenvalue weighted by Crippen LogP contribution is -2.43. The molecule has 100 valence electrons. The fraction of sp³-hybridized carbons (Fsp3) is 0.471.